The Kier molecular flexibility index (Phi) is 4.39. The summed E-state index contributed by atoms with van der Waals surface area (Å²) in [4.78, 5) is 11.6. The third-order valence-corrected chi connectivity index (χ3v) is 3.84. The van der Waals surface area contributed by atoms with Crippen molar-refractivity contribution in [3.63, 3.8) is 0 Å². The number of rotatable bonds is 4. The highest BCUT2D eigenvalue weighted by Gasteiger charge is 2.31. The van der Waals surface area contributed by atoms with Crippen molar-refractivity contribution in [2.75, 3.05) is 13.7 Å². The first-order chi connectivity index (χ1) is 10.8. The summed E-state index contributed by atoms with van der Waals surface area (Å²) in [6.07, 6.45) is 0.587. The van der Waals surface area contributed by atoms with E-state index < -0.39 is 0 Å². The molecule has 4 nitrogen and oxygen atoms in total. The zero-order valence-corrected chi connectivity index (χ0v) is 12.5. The highest BCUT2D eigenvalue weighted by Crippen LogP contribution is 2.31. The molecule has 22 heavy (non-hydrogen) atoms. The minimum absolute atomic E-state index is 0.0334. The van der Waals surface area contributed by atoms with Gasteiger partial charge in [0.05, 0.1) is 7.11 Å². The van der Waals surface area contributed by atoms with E-state index in [0.717, 1.165) is 16.9 Å². The molecule has 2 aromatic rings. The second-order valence-electron chi connectivity index (χ2n) is 5.32. The quantitative estimate of drug-likeness (QED) is 0.881. The lowest BCUT2D eigenvalue weighted by atomic mass is 10.0. The molecular weight excluding hydrogens is 278 g/mol. The van der Waals surface area contributed by atoms with Crippen molar-refractivity contribution >= 4 is 5.97 Å². The first-order valence-corrected chi connectivity index (χ1v) is 7.40. The van der Waals surface area contributed by atoms with Gasteiger partial charge in [0.25, 0.3) is 0 Å². The van der Waals surface area contributed by atoms with Gasteiger partial charge >= 0.3 is 5.97 Å². The predicted molar refractivity (Wildman–Crippen MR) is 84.7 cm³/mol. The lowest BCUT2D eigenvalue weighted by Gasteiger charge is -2.16. The molecule has 1 aliphatic rings. The second kappa shape index (κ2) is 6.62. The summed E-state index contributed by atoms with van der Waals surface area (Å²) in [5.74, 6) is 0.605. The fourth-order valence-corrected chi connectivity index (χ4v) is 2.72. The van der Waals surface area contributed by atoms with E-state index in [0.29, 0.717) is 13.0 Å². The van der Waals surface area contributed by atoms with Crippen LogP contribution in [0.3, 0.4) is 0 Å². The molecule has 2 atom stereocenters. The Labute approximate surface area is 130 Å². The Bertz CT molecular complexity index is 642. The van der Waals surface area contributed by atoms with E-state index >= 15 is 0 Å². The van der Waals surface area contributed by atoms with Gasteiger partial charge in [-0.2, -0.15) is 0 Å². The Morgan fingerprint density at radius 3 is 2.59 bits per heavy atom. The Balaban J connectivity index is 1.76. The van der Waals surface area contributed by atoms with Crippen LogP contribution < -0.4 is 10.1 Å². The van der Waals surface area contributed by atoms with E-state index in [9.17, 15) is 4.79 Å². The number of hydrogen-bond acceptors (Lipinski definition) is 4. The maximum Gasteiger partial charge on any atom is 0.323 e. The van der Waals surface area contributed by atoms with Crippen LogP contribution in [0.2, 0.25) is 0 Å². The number of nitrogens with one attached hydrogen (secondary N) is 1. The molecule has 1 heterocycles. The number of hydrogen-bond donors (Lipinski definition) is 1. The maximum absolute atomic E-state index is 11.6. The zero-order chi connectivity index (χ0) is 15.4. The third kappa shape index (κ3) is 3.12. The van der Waals surface area contributed by atoms with Gasteiger partial charge in [-0.3, -0.25) is 4.79 Å². The molecule has 0 aliphatic carbocycles. The first-order valence-electron chi connectivity index (χ1n) is 7.40. The normalized spacial score (nSPS) is 20.6. The molecule has 1 aliphatic heterocycles. The minimum atomic E-state index is -0.279. The van der Waals surface area contributed by atoms with Crippen molar-refractivity contribution in [2.45, 2.75) is 18.6 Å². The summed E-state index contributed by atoms with van der Waals surface area (Å²) in [6, 6.07) is 17.8. The lowest BCUT2D eigenvalue weighted by molar-refractivity contribution is -0.142. The summed E-state index contributed by atoms with van der Waals surface area (Å²) in [6.45, 7) is 0.642. The molecule has 0 radical (unpaired) electrons. The standard InChI is InChI=1S/C18H19NO3/c1-21-18(20)16-11-14(12-19-16)22-17-10-6-5-9-15(17)13-7-3-2-4-8-13/h2-10,14,16,19H,11-12H2,1H3/t14-,16-/m1/s1. The number of methoxy groups -OCH3 is 1. The molecule has 0 saturated carbocycles. The highest BCUT2D eigenvalue weighted by molar-refractivity contribution is 5.76. The number of para-hydroxylation sites is 1. The molecule has 0 aromatic heterocycles. The minimum Gasteiger partial charge on any atom is -0.488 e. The molecule has 2 aromatic carbocycles. The SMILES string of the molecule is COC(=O)[C@H]1C[C@@H](Oc2ccccc2-c2ccccc2)CN1. The average molecular weight is 297 g/mol. The Morgan fingerprint density at radius 2 is 1.82 bits per heavy atom. The molecular formula is C18H19NO3. The largest absolute Gasteiger partial charge is 0.488 e. The van der Waals surface area contributed by atoms with Crippen molar-refractivity contribution in [3.8, 4) is 16.9 Å². The number of ether oxygens (including phenoxy) is 2. The van der Waals surface area contributed by atoms with Crippen LogP contribution in [0.4, 0.5) is 0 Å². The average Bonchev–Trinajstić information content (AvgIpc) is 3.04. The summed E-state index contributed by atoms with van der Waals surface area (Å²) >= 11 is 0. The monoisotopic (exact) mass is 297 g/mol. The molecule has 4 heteroatoms. The van der Waals surface area contributed by atoms with Gasteiger partial charge in [0.1, 0.15) is 17.9 Å². The van der Waals surface area contributed by atoms with Gasteiger partial charge in [0.15, 0.2) is 0 Å². The maximum atomic E-state index is 11.6. The van der Waals surface area contributed by atoms with Gasteiger partial charge in [0.2, 0.25) is 0 Å². The molecule has 1 N–H and O–H groups in total. The smallest absolute Gasteiger partial charge is 0.323 e. The summed E-state index contributed by atoms with van der Waals surface area (Å²) in [5, 5.41) is 3.14. The number of carbonyl (C=O) groups excluding carboxylic acids is 1. The molecule has 1 fully saturated rings. The Hall–Kier alpha value is -2.33. The second-order valence-corrected chi connectivity index (χ2v) is 5.32. The van der Waals surface area contributed by atoms with Gasteiger partial charge in [-0.15, -0.1) is 0 Å². The van der Waals surface area contributed by atoms with Gasteiger partial charge in [-0.05, 0) is 11.6 Å². The van der Waals surface area contributed by atoms with Crippen LogP contribution in [0.1, 0.15) is 6.42 Å². The number of esters is 1. The topological polar surface area (TPSA) is 47.6 Å². The summed E-state index contributed by atoms with van der Waals surface area (Å²) < 4.78 is 10.9. The summed E-state index contributed by atoms with van der Waals surface area (Å²) in [7, 11) is 1.41. The van der Waals surface area contributed by atoms with Crippen LogP contribution in [0.5, 0.6) is 5.75 Å². The van der Waals surface area contributed by atoms with E-state index in [1.165, 1.54) is 7.11 Å². The lowest BCUT2D eigenvalue weighted by Crippen LogP contribution is -2.31. The molecule has 0 spiro atoms. The van der Waals surface area contributed by atoms with E-state index in [2.05, 4.69) is 17.4 Å². The van der Waals surface area contributed by atoms with Crippen molar-refractivity contribution in [1.82, 2.24) is 5.32 Å². The van der Waals surface area contributed by atoms with E-state index in [1.54, 1.807) is 0 Å². The molecule has 114 valence electrons. The number of carbonyl (C=O) groups is 1. The molecule has 3 rings (SSSR count). The molecule has 0 bridgehead atoms. The predicted octanol–water partition coefficient (Wildman–Crippen LogP) is 2.64. The van der Waals surface area contributed by atoms with Gasteiger partial charge < -0.3 is 14.8 Å². The van der Waals surface area contributed by atoms with Gasteiger partial charge in [-0.1, -0.05) is 48.5 Å². The van der Waals surface area contributed by atoms with Gasteiger partial charge in [-0.25, -0.2) is 0 Å². The molecule has 0 amide bonds. The van der Waals surface area contributed by atoms with E-state index in [4.69, 9.17) is 9.47 Å². The number of benzene rings is 2. The first kappa shape index (κ1) is 14.6. The van der Waals surface area contributed by atoms with Crippen molar-refractivity contribution in [1.29, 1.82) is 0 Å². The third-order valence-electron chi connectivity index (χ3n) is 3.84. The zero-order valence-electron chi connectivity index (χ0n) is 12.5. The van der Waals surface area contributed by atoms with Crippen molar-refractivity contribution in [3.05, 3.63) is 54.6 Å². The molecule has 0 unspecified atom stereocenters. The van der Waals surface area contributed by atoms with Crippen LogP contribution in [-0.4, -0.2) is 31.8 Å². The molecule has 1 saturated heterocycles. The van der Waals surface area contributed by atoms with E-state index in [-0.39, 0.29) is 18.1 Å². The van der Waals surface area contributed by atoms with Crippen LogP contribution in [0.25, 0.3) is 11.1 Å². The van der Waals surface area contributed by atoms with Crippen LogP contribution in [0.15, 0.2) is 54.6 Å². The fourth-order valence-electron chi connectivity index (χ4n) is 2.72. The van der Waals surface area contributed by atoms with Crippen molar-refractivity contribution in [2.24, 2.45) is 0 Å². The van der Waals surface area contributed by atoms with Gasteiger partial charge in [0, 0.05) is 18.5 Å². The van der Waals surface area contributed by atoms with Crippen molar-refractivity contribution < 1.29 is 14.3 Å². The van der Waals surface area contributed by atoms with E-state index in [1.807, 2.05) is 42.5 Å². The highest BCUT2D eigenvalue weighted by atomic mass is 16.5. The summed E-state index contributed by atoms with van der Waals surface area (Å²) in [5.41, 5.74) is 2.18. The van der Waals surface area contributed by atoms with Crippen LogP contribution >= 0.6 is 0 Å². The van der Waals surface area contributed by atoms with Crippen LogP contribution in [0, 0.1) is 0 Å². The fraction of sp³-hybridized carbons (Fsp3) is 0.278. The Morgan fingerprint density at radius 1 is 1.09 bits per heavy atom. The van der Waals surface area contributed by atoms with Crippen LogP contribution in [-0.2, 0) is 9.53 Å².